The standard InChI is InChI=1S/C20H24O/c1-13-8-14(2)19(15(3)9-13)12-20(21)18-10-16-6-4-5-7-17(16)11-18/h4-9,18,20-21H,10-12H2,1-3H3. The van der Waals surface area contributed by atoms with Gasteiger partial charge in [0.25, 0.3) is 0 Å². The maximum atomic E-state index is 10.7. The van der Waals surface area contributed by atoms with Crippen LogP contribution in [0.5, 0.6) is 0 Å². The van der Waals surface area contributed by atoms with E-state index in [0.29, 0.717) is 5.92 Å². The Hall–Kier alpha value is -1.60. The second-order valence-electron chi connectivity index (χ2n) is 6.59. The first-order valence-electron chi connectivity index (χ1n) is 7.86. The topological polar surface area (TPSA) is 20.2 Å². The number of aliphatic hydroxyl groups is 1. The van der Waals surface area contributed by atoms with Gasteiger partial charge in [-0.3, -0.25) is 0 Å². The summed E-state index contributed by atoms with van der Waals surface area (Å²) in [5, 5.41) is 10.7. The van der Waals surface area contributed by atoms with Crippen LogP contribution in [0.15, 0.2) is 36.4 Å². The molecule has 0 heterocycles. The van der Waals surface area contributed by atoms with Crippen molar-refractivity contribution in [2.24, 2.45) is 5.92 Å². The number of aliphatic hydroxyl groups excluding tert-OH is 1. The SMILES string of the molecule is Cc1cc(C)c(CC(O)C2Cc3ccccc3C2)c(C)c1. The maximum absolute atomic E-state index is 10.7. The van der Waals surface area contributed by atoms with Crippen molar-refractivity contribution in [3.8, 4) is 0 Å². The van der Waals surface area contributed by atoms with Crippen molar-refractivity contribution in [1.82, 2.24) is 0 Å². The number of hydrogen-bond donors (Lipinski definition) is 1. The van der Waals surface area contributed by atoms with Crippen molar-refractivity contribution in [1.29, 1.82) is 0 Å². The van der Waals surface area contributed by atoms with Crippen molar-refractivity contribution >= 4 is 0 Å². The molecule has 1 unspecified atom stereocenters. The van der Waals surface area contributed by atoms with Gasteiger partial charge in [-0.05, 0) is 73.8 Å². The summed E-state index contributed by atoms with van der Waals surface area (Å²) >= 11 is 0. The van der Waals surface area contributed by atoms with Crippen LogP contribution in [-0.4, -0.2) is 11.2 Å². The molecule has 0 saturated heterocycles. The minimum Gasteiger partial charge on any atom is -0.392 e. The predicted molar refractivity (Wildman–Crippen MR) is 87.7 cm³/mol. The van der Waals surface area contributed by atoms with Crippen molar-refractivity contribution in [3.63, 3.8) is 0 Å². The normalized spacial score (nSPS) is 16.0. The van der Waals surface area contributed by atoms with E-state index in [-0.39, 0.29) is 6.10 Å². The third kappa shape index (κ3) is 2.89. The van der Waals surface area contributed by atoms with Gasteiger partial charge in [0.05, 0.1) is 6.10 Å². The minimum atomic E-state index is -0.252. The van der Waals surface area contributed by atoms with E-state index >= 15 is 0 Å². The van der Waals surface area contributed by atoms with Crippen LogP contribution in [-0.2, 0) is 19.3 Å². The molecule has 0 fully saturated rings. The number of hydrogen-bond acceptors (Lipinski definition) is 1. The van der Waals surface area contributed by atoms with Crippen LogP contribution in [0, 0.1) is 26.7 Å². The Labute approximate surface area is 127 Å². The van der Waals surface area contributed by atoms with Crippen LogP contribution in [0.2, 0.25) is 0 Å². The van der Waals surface area contributed by atoms with Crippen molar-refractivity contribution < 1.29 is 5.11 Å². The van der Waals surface area contributed by atoms with Crippen LogP contribution in [0.3, 0.4) is 0 Å². The van der Waals surface area contributed by atoms with Gasteiger partial charge in [-0.1, -0.05) is 42.0 Å². The molecule has 0 radical (unpaired) electrons. The van der Waals surface area contributed by atoms with Crippen LogP contribution in [0.1, 0.15) is 33.4 Å². The highest BCUT2D eigenvalue weighted by molar-refractivity contribution is 5.38. The molecular weight excluding hydrogens is 256 g/mol. The third-order valence-electron chi connectivity index (χ3n) is 4.88. The number of aryl methyl sites for hydroxylation is 3. The van der Waals surface area contributed by atoms with Gasteiger partial charge in [0, 0.05) is 0 Å². The Bertz CT molecular complexity index is 609. The number of fused-ring (bicyclic) bond motifs is 1. The van der Waals surface area contributed by atoms with E-state index in [9.17, 15) is 5.11 Å². The Morgan fingerprint density at radius 1 is 1.00 bits per heavy atom. The maximum Gasteiger partial charge on any atom is 0.0615 e. The Kier molecular flexibility index (Phi) is 3.86. The lowest BCUT2D eigenvalue weighted by atomic mass is 9.89. The quantitative estimate of drug-likeness (QED) is 0.903. The lowest BCUT2D eigenvalue weighted by Crippen LogP contribution is -2.24. The lowest BCUT2D eigenvalue weighted by molar-refractivity contribution is 0.112. The fourth-order valence-electron chi connectivity index (χ4n) is 3.77. The average molecular weight is 280 g/mol. The zero-order chi connectivity index (χ0) is 15.0. The van der Waals surface area contributed by atoms with Crippen molar-refractivity contribution in [2.75, 3.05) is 0 Å². The van der Waals surface area contributed by atoms with E-state index in [4.69, 9.17) is 0 Å². The van der Waals surface area contributed by atoms with Crippen LogP contribution in [0.4, 0.5) is 0 Å². The van der Waals surface area contributed by atoms with Gasteiger partial charge in [-0.15, -0.1) is 0 Å². The van der Waals surface area contributed by atoms with Crippen molar-refractivity contribution in [2.45, 2.75) is 46.1 Å². The summed E-state index contributed by atoms with van der Waals surface area (Å²) in [6.45, 7) is 6.45. The summed E-state index contributed by atoms with van der Waals surface area (Å²) in [6.07, 6.45) is 2.55. The van der Waals surface area contributed by atoms with E-state index in [2.05, 4.69) is 57.2 Å². The van der Waals surface area contributed by atoms with Gasteiger partial charge in [-0.2, -0.15) is 0 Å². The molecule has 0 amide bonds. The highest BCUT2D eigenvalue weighted by Gasteiger charge is 2.27. The molecule has 0 spiro atoms. The second-order valence-corrected chi connectivity index (χ2v) is 6.59. The molecular formula is C20H24O. The van der Waals surface area contributed by atoms with E-state index < -0.39 is 0 Å². The summed E-state index contributed by atoms with van der Waals surface area (Å²) in [7, 11) is 0. The average Bonchev–Trinajstić information content (AvgIpc) is 2.86. The molecule has 0 aromatic heterocycles. The van der Waals surface area contributed by atoms with Gasteiger partial charge in [0.15, 0.2) is 0 Å². The second kappa shape index (κ2) is 5.65. The van der Waals surface area contributed by atoms with E-state index in [1.54, 1.807) is 0 Å². The van der Waals surface area contributed by atoms with E-state index in [1.165, 1.54) is 33.4 Å². The zero-order valence-corrected chi connectivity index (χ0v) is 13.2. The lowest BCUT2D eigenvalue weighted by Gasteiger charge is -2.20. The molecule has 3 rings (SSSR count). The van der Waals surface area contributed by atoms with Gasteiger partial charge >= 0.3 is 0 Å². The van der Waals surface area contributed by atoms with Gasteiger partial charge < -0.3 is 5.11 Å². The van der Waals surface area contributed by atoms with Crippen molar-refractivity contribution in [3.05, 3.63) is 69.8 Å². The largest absolute Gasteiger partial charge is 0.392 e. The first-order chi connectivity index (χ1) is 10.0. The van der Waals surface area contributed by atoms with Gasteiger partial charge in [-0.25, -0.2) is 0 Å². The van der Waals surface area contributed by atoms with Crippen LogP contribution < -0.4 is 0 Å². The Morgan fingerprint density at radius 2 is 1.52 bits per heavy atom. The van der Waals surface area contributed by atoms with E-state index in [0.717, 1.165) is 19.3 Å². The van der Waals surface area contributed by atoms with Crippen LogP contribution >= 0.6 is 0 Å². The smallest absolute Gasteiger partial charge is 0.0615 e. The number of rotatable bonds is 3. The number of benzene rings is 2. The van der Waals surface area contributed by atoms with Gasteiger partial charge in [0.1, 0.15) is 0 Å². The molecule has 1 aliphatic rings. The highest BCUT2D eigenvalue weighted by Crippen LogP contribution is 2.30. The van der Waals surface area contributed by atoms with Gasteiger partial charge in [0.2, 0.25) is 0 Å². The molecule has 110 valence electrons. The molecule has 1 N–H and O–H groups in total. The molecule has 2 aromatic rings. The molecule has 1 aliphatic carbocycles. The molecule has 1 heteroatoms. The Morgan fingerprint density at radius 3 is 2.05 bits per heavy atom. The summed E-state index contributed by atoms with van der Waals surface area (Å²) in [6, 6.07) is 13.0. The molecule has 1 nitrogen and oxygen atoms in total. The first-order valence-corrected chi connectivity index (χ1v) is 7.86. The summed E-state index contributed by atoms with van der Waals surface area (Å²) in [5.74, 6) is 0.363. The fourth-order valence-corrected chi connectivity index (χ4v) is 3.77. The first kappa shape index (κ1) is 14.3. The Balaban J connectivity index is 1.75. The summed E-state index contributed by atoms with van der Waals surface area (Å²) in [5.41, 5.74) is 8.07. The monoisotopic (exact) mass is 280 g/mol. The predicted octanol–water partition coefficient (Wildman–Crippen LogP) is 3.93. The molecule has 0 bridgehead atoms. The highest BCUT2D eigenvalue weighted by atomic mass is 16.3. The van der Waals surface area contributed by atoms with Crippen LogP contribution in [0.25, 0.3) is 0 Å². The summed E-state index contributed by atoms with van der Waals surface area (Å²) < 4.78 is 0. The molecule has 0 saturated carbocycles. The van der Waals surface area contributed by atoms with E-state index in [1.807, 2.05) is 0 Å². The summed E-state index contributed by atoms with van der Waals surface area (Å²) in [4.78, 5) is 0. The molecule has 0 aliphatic heterocycles. The fraction of sp³-hybridized carbons (Fsp3) is 0.400. The molecule has 21 heavy (non-hydrogen) atoms. The zero-order valence-electron chi connectivity index (χ0n) is 13.2. The minimum absolute atomic E-state index is 0.252. The third-order valence-corrected chi connectivity index (χ3v) is 4.88. The molecule has 2 aromatic carbocycles. The molecule has 1 atom stereocenters.